The van der Waals surface area contributed by atoms with Gasteiger partial charge in [0.2, 0.25) is 0 Å². The summed E-state index contributed by atoms with van der Waals surface area (Å²) in [6.07, 6.45) is 21.3. The second kappa shape index (κ2) is 22.9. The van der Waals surface area contributed by atoms with E-state index in [0.717, 1.165) is 13.1 Å². The maximum atomic E-state index is 9.79. The van der Waals surface area contributed by atoms with Crippen LogP contribution in [0.15, 0.2) is 0 Å². The van der Waals surface area contributed by atoms with E-state index in [1.165, 1.54) is 96.3 Å². The lowest BCUT2D eigenvalue weighted by Gasteiger charge is -2.03. The first-order valence-corrected chi connectivity index (χ1v) is 12.4. The Morgan fingerprint density at radius 3 is 0.923 bits per heavy atom. The second-order valence-electron chi connectivity index (χ2n) is 7.17. The Hall–Kier alpha value is -0.170. The summed E-state index contributed by atoms with van der Waals surface area (Å²) in [5.74, 6) is -0.132. The van der Waals surface area contributed by atoms with E-state index in [2.05, 4.69) is 0 Å². The molecule has 0 aliphatic heterocycles. The van der Waals surface area contributed by atoms with E-state index in [4.69, 9.17) is 16.0 Å². The molecule has 0 fully saturated rings. The molecule has 6 heteroatoms. The molecule has 0 heterocycles. The van der Waals surface area contributed by atoms with Gasteiger partial charge >= 0.3 is 0 Å². The highest BCUT2D eigenvalue weighted by Crippen LogP contribution is 2.13. The molecule has 0 saturated carbocycles. The number of nitrogens with two attached hydrogens (primary N) is 2. The molecule has 5 N–H and O–H groups in total. The Kier molecular flexibility index (Phi) is 24.7. The third-order valence-corrected chi connectivity index (χ3v) is 5.29. The molecule has 0 aliphatic carbocycles. The molecule has 160 valence electrons. The molecule has 0 aromatic heterocycles. The van der Waals surface area contributed by atoms with Crippen molar-refractivity contribution in [1.82, 2.24) is 0 Å². The smallest absolute Gasteiger partial charge is 0.264 e. The van der Waals surface area contributed by atoms with Crippen LogP contribution in [-0.4, -0.2) is 31.8 Å². The molecule has 0 bridgehead atoms. The quantitative estimate of drug-likeness (QED) is 0.223. The van der Waals surface area contributed by atoms with Crippen molar-refractivity contribution in [2.24, 2.45) is 11.5 Å². The molecular formula is C20H46N2O3S. The van der Waals surface area contributed by atoms with Crippen LogP contribution in [0.5, 0.6) is 0 Å². The molecule has 0 aromatic rings. The lowest BCUT2D eigenvalue weighted by molar-refractivity contribution is 0.482. The Bertz CT molecular complexity index is 333. The fourth-order valence-electron chi connectivity index (χ4n) is 2.84. The van der Waals surface area contributed by atoms with Gasteiger partial charge in [0.1, 0.15) is 0 Å². The van der Waals surface area contributed by atoms with Gasteiger partial charge in [-0.25, -0.2) is 0 Å². The van der Waals surface area contributed by atoms with Gasteiger partial charge in [-0.3, -0.25) is 4.55 Å². The van der Waals surface area contributed by atoms with Crippen LogP contribution in [0.25, 0.3) is 0 Å². The lowest BCUT2D eigenvalue weighted by atomic mass is 10.0. The summed E-state index contributed by atoms with van der Waals surface area (Å²) >= 11 is 0. The molecule has 0 radical (unpaired) electrons. The van der Waals surface area contributed by atoms with E-state index < -0.39 is 10.1 Å². The average molecular weight is 395 g/mol. The summed E-state index contributed by atoms with van der Waals surface area (Å²) in [4.78, 5) is 0. The maximum absolute atomic E-state index is 9.79. The van der Waals surface area contributed by atoms with Gasteiger partial charge in [-0.2, -0.15) is 8.42 Å². The van der Waals surface area contributed by atoms with Crippen molar-refractivity contribution in [3.05, 3.63) is 0 Å². The first-order chi connectivity index (χ1) is 12.5. The Morgan fingerprint density at radius 1 is 0.577 bits per heavy atom. The normalized spacial score (nSPS) is 11.2. The third-order valence-electron chi connectivity index (χ3n) is 4.37. The van der Waals surface area contributed by atoms with Gasteiger partial charge < -0.3 is 11.5 Å². The molecule has 0 amide bonds. The fraction of sp³-hybridized carbons (Fsp3) is 1.00. The standard InChI is InChI=1S/C17H38N2.C3H8O3S/c18-16-14-12-10-8-6-4-2-1-3-5-7-9-11-13-15-17-19;1-2-3-7(4,5)6/h1-19H2;2-3H2,1H3,(H,4,5,6). The molecule has 0 aliphatic rings. The maximum Gasteiger partial charge on any atom is 0.264 e. The van der Waals surface area contributed by atoms with E-state index >= 15 is 0 Å². The van der Waals surface area contributed by atoms with Crippen molar-refractivity contribution in [1.29, 1.82) is 0 Å². The number of hydrogen-bond acceptors (Lipinski definition) is 4. The van der Waals surface area contributed by atoms with Crippen LogP contribution in [0.2, 0.25) is 0 Å². The summed E-state index contributed by atoms with van der Waals surface area (Å²) in [7, 11) is -3.67. The number of unbranched alkanes of at least 4 members (excludes halogenated alkanes) is 14. The van der Waals surface area contributed by atoms with Crippen molar-refractivity contribution in [2.45, 2.75) is 110 Å². The first-order valence-electron chi connectivity index (χ1n) is 10.8. The van der Waals surface area contributed by atoms with Gasteiger partial charge in [0.05, 0.1) is 5.75 Å². The van der Waals surface area contributed by atoms with E-state index in [9.17, 15) is 8.42 Å². The van der Waals surface area contributed by atoms with Crippen molar-refractivity contribution < 1.29 is 13.0 Å². The summed E-state index contributed by atoms with van der Waals surface area (Å²) in [6, 6.07) is 0. The van der Waals surface area contributed by atoms with Crippen LogP contribution in [0.4, 0.5) is 0 Å². The molecule has 0 aromatic carbocycles. The number of hydrogen-bond donors (Lipinski definition) is 3. The Morgan fingerprint density at radius 2 is 0.808 bits per heavy atom. The molecule has 0 spiro atoms. The topological polar surface area (TPSA) is 106 Å². The predicted molar refractivity (Wildman–Crippen MR) is 114 cm³/mol. The van der Waals surface area contributed by atoms with E-state index in [-0.39, 0.29) is 5.75 Å². The largest absolute Gasteiger partial charge is 0.330 e. The zero-order chi connectivity index (χ0) is 19.9. The predicted octanol–water partition coefficient (Wildman–Crippen LogP) is 5.04. The van der Waals surface area contributed by atoms with Crippen LogP contribution in [0.1, 0.15) is 110 Å². The molecule has 0 saturated heterocycles. The molecule has 5 nitrogen and oxygen atoms in total. The highest BCUT2D eigenvalue weighted by atomic mass is 32.2. The van der Waals surface area contributed by atoms with Crippen LogP contribution >= 0.6 is 0 Å². The Balaban J connectivity index is 0. The van der Waals surface area contributed by atoms with Gasteiger partial charge in [0.25, 0.3) is 10.1 Å². The lowest BCUT2D eigenvalue weighted by Crippen LogP contribution is -2.01. The number of rotatable bonds is 18. The van der Waals surface area contributed by atoms with Crippen LogP contribution in [0.3, 0.4) is 0 Å². The van der Waals surface area contributed by atoms with E-state index in [1.807, 2.05) is 0 Å². The average Bonchev–Trinajstić information content (AvgIpc) is 2.58. The summed E-state index contributed by atoms with van der Waals surface area (Å²) in [5, 5.41) is 0. The van der Waals surface area contributed by atoms with E-state index in [0.29, 0.717) is 6.42 Å². The SMILES string of the molecule is CCCS(=O)(=O)O.NCCCCCCCCCCCCCCCCCN. The van der Waals surface area contributed by atoms with Crippen molar-refractivity contribution in [3.8, 4) is 0 Å². The summed E-state index contributed by atoms with van der Waals surface area (Å²) < 4.78 is 27.6. The molecular weight excluding hydrogens is 348 g/mol. The highest BCUT2D eigenvalue weighted by molar-refractivity contribution is 7.85. The minimum atomic E-state index is -3.67. The Labute approximate surface area is 163 Å². The van der Waals surface area contributed by atoms with Crippen molar-refractivity contribution in [3.63, 3.8) is 0 Å². The molecule has 0 rings (SSSR count). The minimum absolute atomic E-state index is 0.132. The van der Waals surface area contributed by atoms with Crippen LogP contribution in [-0.2, 0) is 10.1 Å². The molecule has 0 atom stereocenters. The van der Waals surface area contributed by atoms with Gasteiger partial charge in [0.15, 0.2) is 0 Å². The zero-order valence-electron chi connectivity index (χ0n) is 17.3. The summed E-state index contributed by atoms with van der Waals surface area (Å²) in [5.41, 5.74) is 11.0. The molecule has 26 heavy (non-hydrogen) atoms. The second-order valence-corrected chi connectivity index (χ2v) is 8.74. The van der Waals surface area contributed by atoms with Crippen molar-refractivity contribution in [2.75, 3.05) is 18.8 Å². The molecule has 0 unspecified atom stereocenters. The highest BCUT2D eigenvalue weighted by Gasteiger charge is 1.98. The van der Waals surface area contributed by atoms with Gasteiger partial charge in [-0.1, -0.05) is 90.4 Å². The van der Waals surface area contributed by atoms with E-state index in [1.54, 1.807) is 6.92 Å². The van der Waals surface area contributed by atoms with Crippen LogP contribution in [0, 0.1) is 0 Å². The van der Waals surface area contributed by atoms with Crippen molar-refractivity contribution >= 4 is 10.1 Å². The van der Waals surface area contributed by atoms with Gasteiger partial charge in [0, 0.05) is 0 Å². The zero-order valence-corrected chi connectivity index (χ0v) is 18.1. The summed E-state index contributed by atoms with van der Waals surface area (Å²) in [6.45, 7) is 3.42. The first kappa shape index (κ1) is 28.0. The monoisotopic (exact) mass is 394 g/mol. The third kappa shape index (κ3) is 31.6. The van der Waals surface area contributed by atoms with Gasteiger partial charge in [-0.05, 0) is 32.4 Å². The fourth-order valence-corrected chi connectivity index (χ4v) is 3.36. The van der Waals surface area contributed by atoms with Gasteiger partial charge in [-0.15, -0.1) is 0 Å². The minimum Gasteiger partial charge on any atom is -0.330 e. The van der Waals surface area contributed by atoms with Crippen LogP contribution < -0.4 is 11.5 Å².